The third kappa shape index (κ3) is 30.7. The molecule has 2 saturated heterocycles. The lowest BCUT2D eigenvalue weighted by atomic mass is 9.97. The van der Waals surface area contributed by atoms with Gasteiger partial charge in [0.05, 0.1) is 32.0 Å². The monoisotopic (exact) mass is 1030 g/mol. The van der Waals surface area contributed by atoms with Crippen LogP contribution >= 0.6 is 0 Å². The molecule has 428 valence electrons. The van der Waals surface area contributed by atoms with Crippen LogP contribution < -0.4 is 5.32 Å². The maximum absolute atomic E-state index is 13.3. The molecule has 9 N–H and O–H groups in total. The van der Waals surface area contributed by atoms with Gasteiger partial charge in [-0.15, -0.1) is 0 Å². The molecule has 0 aromatic heterocycles. The molecule has 12 unspecified atom stereocenters. The molecule has 0 saturated carbocycles. The lowest BCUT2D eigenvalue weighted by molar-refractivity contribution is -0.359. The van der Waals surface area contributed by atoms with Gasteiger partial charge in [0.2, 0.25) is 5.91 Å². The molecular formula is C58H113NO13. The van der Waals surface area contributed by atoms with Gasteiger partial charge in [-0.3, -0.25) is 4.79 Å². The topological polar surface area (TPSA) is 228 Å². The van der Waals surface area contributed by atoms with Gasteiger partial charge in [0, 0.05) is 6.42 Å². The second kappa shape index (κ2) is 45.1. The smallest absolute Gasteiger partial charge is 0.220 e. The van der Waals surface area contributed by atoms with Crippen LogP contribution in [0.25, 0.3) is 0 Å². The van der Waals surface area contributed by atoms with E-state index in [0.29, 0.717) is 12.8 Å². The quantitative estimate of drug-likeness (QED) is 0.0259. The third-order valence-corrected chi connectivity index (χ3v) is 15.3. The number of aliphatic hydroxyl groups excluding tert-OH is 8. The van der Waals surface area contributed by atoms with E-state index in [1.165, 1.54) is 193 Å². The number of amides is 1. The normalized spacial score (nSPS) is 25.5. The third-order valence-electron chi connectivity index (χ3n) is 15.3. The zero-order chi connectivity index (χ0) is 52.4. The van der Waals surface area contributed by atoms with E-state index in [1.54, 1.807) is 0 Å². The Balaban J connectivity index is 1.74. The molecule has 0 radical (unpaired) electrons. The molecule has 0 bridgehead atoms. The van der Waals surface area contributed by atoms with Crippen molar-refractivity contribution in [1.82, 2.24) is 5.32 Å². The molecule has 2 aliphatic heterocycles. The first kappa shape index (κ1) is 67.1. The van der Waals surface area contributed by atoms with Crippen LogP contribution in [0.15, 0.2) is 0 Å². The van der Waals surface area contributed by atoms with Gasteiger partial charge in [0.25, 0.3) is 0 Å². The van der Waals surface area contributed by atoms with Gasteiger partial charge in [-0.2, -0.15) is 0 Å². The summed E-state index contributed by atoms with van der Waals surface area (Å²) in [5.41, 5.74) is 0. The van der Waals surface area contributed by atoms with Crippen molar-refractivity contribution in [2.45, 2.75) is 344 Å². The largest absolute Gasteiger partial charge is 0.394 e. The molecule has 2 fully saturated rings. The summed E-state index contributed by atoms with van der Waals surface area (Å²) < 4.78 is 22.8. The van der Waals surface area contributed by atoms with Crippen LogP contribution in [0.5, 0.6) is 0 Å². The predicted octanol–water partition coefficient (Wildman–Crippen LogP) is 10.1. The number of unbranched alkanes of at least 4 members (excludes halogenated alkanes) is 36. The first-order valence-corrected chi connectivity index (χ1v) is 30.3. The Morgan fingerprint density at radius 1 is 0.444 bits per heavy atom. The number of nitrogens with one attached hydrogen (secondary N) is 1. The lowest BCUT2D eigenvalue weighted by Crippen LogP contribution is -2.65. The number of hydrogen-bond donors (Lipinski definition) is 9. The summed E-state index contributed by atoms with van der Waals surface area (Å²) in [5.74, 6) is -0.200. The van der Waals surface area contributed by atoms with E-state index in [2.05, 4.69) is 19.2 Å². The molecule has 0 spiro atoms. The molecule has 12 atom stereocenters. The Morgan fingerprint density at radius 2 is 0.792 bits per heavy atom. The van der Waals surface area contributed by atoms with Gasteiger partial charge in [-0.25, -0.2) is 0 Å². The van der Waals surface area contributed by atoms with Crippen molar-refractivity contribution in [3.63, 3.8) is 0 Å². The van der Waals surface area contributed by atoms with E-state index in [9.17, 15) is 45.6 Å². The minimum Gasteiger partial charge on any atom is -0.394 e. The molecule has 14 heteroatoms. The Hall–Kier alpha value is -1.01. The number of ether oxygens (including phenoxy) is 4. The fourth-order valence-electron chi connectivity index (χ4n) is 10.4. The fourth-order valence-corrected chi connectivity index (χ4v) is 10.4. The molecule has 14 nitrogen and oxygen atoms in total. The van der Waals surface area contributed by atoms with Crippen LogP contribution in [-0.2, 0) is 23.7 Å². The van der Waals surface area contributed by atoms with E-state index in [4.69, 9.17) is 18.9 Å². The van der Waals surface area contributed by atoms with Crippen LogP contribution in [0, 0.1) is 0 Å². The molecule has 0 aliphatic carbocycles. The van der Waals surface area contributed by atoms with Gasteiger partial charge < -0.3 is 65.1 Å². The number of carbonyl (C=O) groups is 1. The highest BCUT2D eigenvalue weighted by Gasteiger charge is 2.51. The molecule has 72 heavy (non-hydrogen) atoms. The van der Waals surface area contributed by atoms with Gasteiger partial charge in [0.1, 0.15) is 48.8 Å². The van der Waals surface area contributed by atoms with E-state index in [-0.39, 0.29) is 12.5 Å². The summed E-state index contributed by atoms with van der Waals surface area (Å²) in [6.07, 6.45) is 32.4. The average Bonchev–Trinajstić information content (AvgIpc) is 3.38. The van der Waals surface area contributed by atoms with Crippen molar-refractivity contribution in [3.8, 4) is 0 Å². The van der Waals surface area contributed by atoms with E-state index >= 15 is 0 Å². The minimum absolute atomic E-state index is 0.200. The predicted molar refractivity (Wildman–Crippen MR) is 286 cm³/mol. The zero-order valence-electron chi connectivity index (χ0n) is 46.0. The lowest BCUT2D eigenvalue weighted by Gasteiger charge is -2.46. The SMILES string of the molecule is CCCCCCCCCCCCCCCCCCCCCCCCC(O)C(COC1OC(CO)C(OC2OC(CO)C(O)C(O)C2O)C(O)C1O)NC(=O)CCCCCCCCCCCCCCCCCC. The Bertz CT molecular complexity index is 1220. The van der Waals surface area contributed by atoms with Crippen LogP contribution in [-0.4, -0.2) is 140 Å². The number of hydrogen-bond acceptors (Lipinski definition) is 13. The maximum atomic E-state index is 13.3. The van der Waals surface area contributed by atoms with Gasteiger partial charge in [-0.05, 0) is 12.8 Å². The fraction of sp³-hybridized carbons (Fsp3) is 0.983. The van der Waals surface area contributed by atoms with Crippen LogP contribution in [0.4, 0.5) is 0 Å². The number of carbonyl (C=O) groups excluding carboxylic acids is 1. The Kier molecular flexibility index (Phi) is 42.0. The van der Waals surface area contributed by atoms with Gasteiger partial charge in [-0.1, -0.05) is 251 Å². The minimum atomic E-state index is -1.78. The second-order valence-corrected chi connectivity index (χ2v) is 21.8. The standard InChI is InChI=1S/C58H113NO13/c1-3-5-7-9-11-13-15-17-19-21-22-23-24-25-26-27-29-31-33-35-37-39-41-47(62)46(59-50(63)42-40-38-36-34-32-30-28-20-18-16-14-12-10-8-6-4-2)45-69-57-55(68)53(66)56(49(44-61)71-57)72-58-54(67)52(65)51(64)48(43-60)70-58/h46-49,51-58,60-62,64-68H,3-45H2,1-2H3,(H,59,63). The number of rotatable bonds is 49. The zero-order valence-corrected chi connectivity index (χ0v) is 46.0. The van der Waals surface area contributed by atoms with Crippen LogP contribution in [0.3, 0.4) is 0 Å². The summed E-state index contributed by atoms with van der Waals surface area (Å²) in [7, 11) is 0. The van der Waals surface area contributed by atoms with E-state index in [1.807, 2.05) is 0 Å². The summed E-state index contributed by atoms with van der Waals surface area (Å²) in [4.78, 5) is 13.3. The van der Waals surface area contributed by atoms with Gasteiger partial charge >= 0.3 is 0 Å². The second-order valence-electron chi connectivity index (χ2n) is 21.8. The van der Waals surface area contributed by atoms with Crippen LogP contribution in [0.1, 0.15) is 271 Å². The van der Waals surface area contributed by atoms with Crippen LogP contribution in [0.2, 0.25) is 0 Å². The first-order chi connectivity index (χ1) is 35.1. The van der Waals surface area contributed by atoms with Crippen molar-refractivity contribution in [2.75, 3.05) is 19.8 Å². The van der Waals surface area contributed by atoms with Crippen molar-refractivity contribution in [3.05, 3.63) is 0 Å². The summed E-state index contributed by atoms with van der Waals surface area (Å²) in [6, 6.07) is -0.822. The Morgan fingerprint density at radius 3 is 1.18 bits per heavy atom. The molecule has 2 heterocycles. The van der Waals surface area contributed by atoms with Crippen molar-refractivity contribution >= 4 is 5.91 Å². The summed E-state index contributed by atoms with van der Waals surface area (Å²) in [5, 5.41) is 87.3. The molecule has 2 rings (SSSR count). The maximum Gasteiger partial charge on any atom is 0.220 e. The van der Waals surface area contributed by atoms with Crippen molar-refractivity contribution < 1.29 is 64.6 Å². The average molecular weight is 1030 g/mol. The highest BCUT2D eigenvalue weighted by atomic mass is 16.7. The molecule has 0 aromatic rings. The van der Waals surface area contributed by atoms with Gasteiger partial charge in [0.15, 0.2) is 12.6 Å². The highest BCUT2D eigenvalue weighted by molar-refractivity contribution is 5.76. The van der Waals surface area contributed by atoms with E-state index in [0.717, 1.165) is 51.4 Å². The molecule has 0 aromatic carbocycles. The van der Waals surface area contributed by atoms with E-state index < -0.39 is 86.8 Å². The molecule has 1 amide bonds. The number of aliphatic hydroxyl groups is 8. The summed E-state index contributed by atoms with van der Waals surface area (Å²) in [6.45, 7) is 2.90. The van der Waals surface area contributed by atoms with Crippen molar-refractivity contribution in [1.29, 1.82) is 0 Å². The molecule has 2 aliphatic rings. The summed E-state index contributed by atoms with van der Waals surface area (Å²) >= 11 is 0. The Labute approximate surface area is 438 Å². The van der Waals surface area contributed by atoms with Crippen molar-refractivity contribution in [2.24, 2.45) is 0 Å². The molecular weight excluding hydrogens is 919 g/mol. The highest BCUT2D eigenvalue weighted by Crippen LogP contribution is 2.30. The first-order valence-electron chi connectivity index (χ1n) is 30.3.